The number of ether oxygens (including phenoxy) is 1. The van der Waals surface area contributed by atoms with Gasteiger partial charge in [0.2, 0.25) is 0 Å². The lowest BCUT2D eigenvalue weighted by atomic mass is 10.3. The molecule has 0 aliphatic heterocycles. The summed E-state index contributed by atoms with van der Waals surface area (Å²) in [6.45, 7) is 0.440. The first kappa shape index (κ1) is 12.8. The molecular formula is C8H19NO4. The molecule has 5 nitrogen and oxygen atoms in total. The van der Waals surface area contributed by atoms with Crippen LogP contribution in [0.2, 0.25) is 0 Å². The summed E-state index contributed by atoms with van der Waals surface area (Å²) in [5, 5.41) is 26.6. The fourth-order valence-electron chi connectivity index (χ4n) is 0.867. The molecule has 0 radical (unpaired) electrons. The van der Waals surface area contributed by atoms with Crippen molar-refractivity contribution in [2.45, 2.75) is 12.2 Å². The highest BCUT2D eigenvalue weighted by molar-refractivity contribution is 4.58. The van der Waals surface area contributed by atoms with Gasteiger partial charge >= 0.3 is 0 Å². The summed E-state index contributed by atoms with van der Waals surface area (Å²) in [5.41, 5.74) is 0. The van der Waals surface area contributed by atoms with Gasteiger partial charge in [-0.1, -0.05) is 0 Å². The Morgan fingerprint density at radius 3 is 2.15 bits per heavy atom. The van der Waals surface area contributed by atoms with E-state index in [0.717, 1.165) is 0 Å². The SMILES string of the molecule is CN(C)CC(O)COCC(O)CO. The van der Waals surface area contributed by atoms with Crippen molar-refractivity contribution in [2.24, 2.45) is 0 Å². The fourth-order valence-corrected chi connectivity index (χ4v) is 0.867. The van der Waals surface area contributed by atoms with E-state index < -0.39 is 12.2 Å². The first-order valence-corrected chi connectivity index (χ1v) is 4.25. The molecule has 5 heteroatoms. The van der Waals surface area contributed by atoms with Gasteiger partial charge in [-0.2, -0.15) is 0 Å². The van der Waals surface area contributed by atoms with Crippen LogP contribution in [0.25, 0.3) is 0 Å². The highest BCUT2D eigenvalue weighted by Gasteiger charge is 2.07. The molecule has 0 bridgehead atoms. The van der Waals surface area contributed by atoms with E-state index in [9.17, 15) is 5.11 Å². The summed E-state index contributed by atoms with van der Waals surface area (Å²) >= 11 is 0. The molecule has 0 rings (SSSR count). The molecule has 0 saturated heterocycles. The Morgan fingerprint density at radius 1 is 1.15 bits per heavy atom. The molecule has 0 aromatic rings. The predicted molar refractivity (Wildman–Crippen MR) is 48.5 cm³/mol. The zero-order valence-electron chi connectivity index (χ0n) is 8.18. The van der Waals surface area contributed by atoms with Crippen molar-refractivity contribution in [1.29, 1.82) is 0 Å². The van der Waals surface area contributed by atoms with E-state index in [2.05, 4.69) is 0 Å². The molecule has 0 spiro atoms. The molecule has 3 N–H and O–H groups in total. The number of hydrogen-bond donors (Lipinski definition) is 3. The van der Waals surface area contributed by atoms with Crippen LogP contribution in [-0.4, -0.2) is 72.9 Å². The van der Waals surface area contributed by atoms with Crippen molar-refractivity contribution in [3.8, 4) is 0 Å². The quantitative estimate of drug-likeness (QED) is 0.448. The van der Waals surface area contributed by atoms with Crippen molar-refractivity contribution >= 4 is 0 Å². The molecule has 0 amide bonds. The van der Waals surface area contributed by atoms with Crippen molar-refractivity contribution in [2.75, 3.05) is 40.5 Å². The van der Waals surface area contributed by atoms with Gasteiger partial charge in [0.15, 0.2) is 0 Å². The predicted octanol–water partition coefficient (Wildman–Crippen LogP) is -1.72. The molecule has 2 unspecified atom stereocenters. The number of aliphatic hydroxyl groups excluding tert-OH is 3. The second-order valence-electron chi connectivity index (χ2n) is 3.29. The Hall–Kier alpha value is -0.200. The third kappa shape index (κ3) is 8.14. The summed E-state index contributed by atoms with van der Waals surface area (Å²) in [6, 6.07) is 0. The van der Waals surface area contributed by atoms with Gasteiger partial charge in [0.1, 0.15) is 6.10 Å². The topological polar surface area (TPSA) is 73.2 Å². The minimum absolute atomic E-state index is 0.0565. The molecule has 2 atom stereocenters. The number of nitrogens with zero attached hydrogens (tertiary/aromatic N) is 1. The summed E-state index contributed by atoms with van der Waals surface area (Å²) in [4.78, 5) is 1.84. The number of aliphatic hydroxyl groups is 3. The van der Waals surface area contributed by atoms with Gasteiger partial charge in [-0.25, -0.2) is 0 Å². The molecule has 0 saturated carbocycles. The monoisotopic (exact) mass is 193 g/mol. The first-order chi connectivity index (χ1) is 6.06. The minimum atomic E-state index is -0.855. The Balaban J connectivity index is 3.31. The molecule has 0 aromatic carbocycles. The summed E-state index contributed by atoms with van der Waals surface area (Å²) in [6.07, 6.45) is -1.41. The molecule has 0 heterocycles. The molecule has 80 valence electrons. The Labute approximate surface area is 78.5 Å². The van der Waals surface area contributed by atoms with Crippen LogP contribution in [0.4, 0.5) is 0 Å². The lowest BCUT2D eigenvalue weighted by Gasteiger charge is -2.16. The van der Waals surface area contributed by atoms with E-state index in [-0.39, 0.29) is 19.8 Å². The van der Waals surface area contributed by atoms with Crippen molar-refractivity contribution in [1.82, 2.24) is 4.90 Å². The largest absolute Gasteiger partial charge is 0.394 e. The maximum Gasteiger partial charge on any atom is 0.100 e. The summed E-state index contributed by atoms with van der Waals surface area (Å²) in [5.74, 6) is 0. The molecule has 0 fully saturated rings. The number of rotatable bonds is 7. The average Bonchev–Trinajstić information content (AvgIpc) is 2.02. The van der Waals surface area contributed by atoms with Crippen LogP contribution in [-0.2, 0) is 4.74 Å². The molecule has 0 aromatic heterocycles. The highest BCUT2D eigenvalue weighted by Crippen LogP contribution is 1.90. The minimum Gasteiger partial charge on any atom is -0.394 e. The van der Waals surface area contributed by atoms with Gasteiger partial charge in [-0.15, -0.1) is 0 Å². The van der Waals surface area contributed by atoms with Gasteiger partial charge in [-0.3, -0.25) is 0 Å². The van der Waals surface area contributed by atoms with Gasteiger partial charge < -0.3 is 25.0 Å². The van der Waals surface area contributed by atoms with E-state index in [0.29, 0.717) is 6.54 Å². The molecule has 0 aliphatic rings. The van der Waals surface area contributed by atoms with Crippen LogP contribution in [0, 0.1) is 0 Å². The normalized spacial score (nSPS) is 16.2. The van der Waals surface area contributed by atoms with E-state index >= 15 is 0 Å². The van der Waals surface area contributed by atoms with Crippen LogP contribution in [0.1, 0.15) is 0 Å². The summed E-state index contributed by atoms with van der Waals surface area (Å²) in [7, 11) is 3.71. The average molecular weight is 193 g/mol. The van der Waals surface area contributed by atoms with Crippen molar-refractivity contribution in [3.63, 3.8) is 0 Å². The third-order valence-electron chi connectivity index (χ3n) is 1.41. The van der Waals surface area contributed by atoms with E-state index in [1.807, 2.05) is 19.0 Å². The Morgan fingerprint density at radius 2 is 1.69 bits per heavy atom. The Kier molecular flexibility index (Phi) is 7.12. The molecule has 0 aliphatic carbocycles. The van der Waals surface area contributed by atoms with E-state index in [1.54, 1.807) is 0 Å². The second-order valence-corrected chi connectivity index (χ2v) is 3.29. The van der Waals surface area contributed by atoms with Gasteiger partial charge in [0.05, 0.1) is 25.9 Å². The van der Waals surface area contributed by atoms with Crippen molar-refractivity contribution < 1.29 is 20.1 Å². The third-order valence-corrected chi connectivity index (χ3v) is 1.41. The van der Waals surface area contributed by atoms with Crippen LogP contribution < -0.4 is 0 Å². The zero-order chi connectivity index (χ0) is 10.3. The standard InChI is InChI=1S/C8H19NO4/c1-9(2)3-7(11)5-13-6-8(12)4-10/h7-8,10-12H,3-6H2,1-2H3. The van der Waals surface area contributed by atoms with Crippen LogP contribution >= 0.6 is 0 Å². The van der Waals surface area contributed by atoms with Crippen LogP contribution in [0.3, 0.4) is 0 Å². The van der Waals surface area contributed by atoms with Crippen molar-refractivity contribution in [3.05, 3.63) is 0 Å². The van der Waals surface area contributed by atoms with E-state index in [1.165, 1.54) is 0 Å². The van der Waals surface area contributed by atoms with Crippen LogP contribution in [0.15, 0.2) is 0 Å². The lowest BCUT2D eigenvalue weighted by molar-refractivity contribution is -0.0286. The Bertz CT molecular complexity index is 121. The zero-order valence-corrected chi connectivity index (χ0v) is 8.18. The first-order valence-electron chi connectivity index (χ1n) is 4.25. The second kappa shape index (κ2) is 7.23. The van der Waals surface area contributed by atoms with E-state index in [4.69, 9.17) is 14.9 Å². The summed E-state index contributed by atoms with van der Waals surface area (Å²) < 4.78 is 4.96. The van der Waals surface area contributed by atoms with Gasteiger partial charge in [0, 0.05) is 6.54 Å². The highest BCUT2D eigenvalue weighted by atomic mass is 16.5. The fraction of sp³-hybridized carbons (Fsp3) is 1.00. The maximum absolute atomic E-state index is 9.29. The smallest absolute Gasteiger partial charge is 0.100 e. The number of likely N-dealkylation sites (N-methyl/N-ethyl adjacent to an activating group) is 1. The lowest BCUT2D eigenvalue weighted by Crippen LogP contribution is -2.31. The molecular weight excluding hydrogens is 174 g/mol. The number of hydrogen-bond acceptors (Lipinski definition) is 5. The van der Waals surface area contributed by atoms with Gasteiger partial charge in [0.25, 0.3) is 0 Å². The molecule has 13 heavy (non-hydrogen) atoms. The van der Waals surface area contributed by atoms with Gasteiger partial charge in [-0.05, 0) is 14.1 Å². The maximum atomic E-state index is 9.29. The van der Waals surface area contributed by atoms with Crippen LogP contribution in [0.5, 0.6) is 0 Å².